The summed E-state index contributed by atoms with van der Waals surface area (Å²) in [5, 5.41) is 14.7. The quantitative estimate of drug-likeness (QED) is 0.321. The summed E-state index contributed by atoms with van der Waals surface area (Å²) in [6.07, 6.45) is 4.01. The maximum absolute atomic E-state index is 10.4. The highest BCUT2D eigenvalue weighted by molar-refractivity contribution is 6.01. The van der Waals surface area contributed by atoms with E-state index in [1.54, 1.807) is 7.11 Å². The first-order valence-electron chi connectivity index (χ1n) is 8.05. The van der Waals surface area contributed by atoms with Gasteiger partial charge in [-0.25, -0.2) is 0 Å². The molecule has 0 spiro atoms. The molecule has 0 saturated carbocycles. The molecule has 0 amide bonds. The van der Waals surface area contributed by atoms with Crippen molar-refractivity contribution in [1.29, 1.82) is 0 Å². The topological polar surface area (TPSA) is 33.6 Å². The zero-order valence-corrected chi connectivity index (χ0v) is 14.3. The molecule has 24 heavy (non-hydrogen) atoms. The van der Waals surface area contributed by atoms with E-state index in [9.17, 15) is 5.11 Å². The molecule has 0 atom stereocenters. The van der Waals surface area contributed by atoms with Gasteiger partial charge < -0.3 is 9.84 Å². The summed E-state index contributed by atoms with van der Waals surface area (Å²) < 4.78 is 7.30. The lowest BCUT2D eigenvalue weighted by molar-refractivity contribution is -0.509. The van der Waals surface area contributed by atoms with Crippen LogP contribution in [0.4, 0.5) is 0 Å². The third-order valence-electron chi connectivity index (χ3n) is 5.13. The first kappa shape index (κ1) is 14.8. The second kappa shape index (κ2) is 5.10. The number of nitrogens with zero attached hydrogens (tertiary/aromatic N) is 1. The van der Waals surface area contributed by atoms with Crippen LogP contribution < -0.4 is 9.14 Å². The fourth-order valence-electron chi connectivity index (χ4n) is 3.53. The van der Waals surface area contributed by atoms with Crippen LogP contribution in [-0.4, -0.2) is 12.2 Å². The van der Waals surface area contributed by atoms with Gasteiger partial charge >= 0.3 is 0 Å². The standard InChI is InChI=1S/C21H19NO2/c1-12-9-16-7-8-22-11-17-15(5-6-19(24-4)21(17)23)10-18(22)20(16)14(3)13(12)2/h5-11H,1-4H3/p+1. The van der Waals surface area contributed by atoms with Gasteiger partial charge in [-0.05, 0) is 60.4 Å². The molecule has 0 radical (unpaired) electrons. The number of ether oxygens (including phenoxy) is 1. The fourth-order valence-corrected chi connectivity index (χ4v) is 3.53. The minimum Gasteiger partial charge on any atom is -0.504 e. The average Bonchev–Trinajstić information content (AvgIpc) is 2.58. The van der Waals surface area contributed by atoms with Crippen molar-refractivity contribution < 1.29 is 14.2 Å². The van der Waals surface area contributed by atoms with Crippen molar-refractivity contribution in [1.82, 2.24) is 0 Å². The van der Waals surface area contributed by atoms with Gasteiger partial charge in [0.25, 0.3) is 0 Å². The Kier molecular flexibility index (Phi) is 3.14. The lowest BCUT2D eigenvalue weighted by atomic mass is 9.96. The molecule has 0 saturated heterocycles. The summed E-state index contributed by atoms with van der Waals surface area (Å²) in [7, 11) is 1.57. The third-order valence-corrected chi connectivity index (χ3v) is 5.13. The zero-order valence-electron chi connectivity index (χ0n) is 14.3. The Morgan fingerprint density at radius 3 is 2.50 bits per heavy atom. The number of rotatable bonds is 1. The Morgan fingerprint density at radius 2 is 1.75 bits per heavy atom. The molecule has 4 rings (SSSR count). The van der Waals surface area contributed by atoms with E-state index in [1.807, 2.05) is 24.5 Å². The Morgan fingerprint density at radius 1 is 0.958 bits per heavy atom. The molecule has 0 unspecified atom stereocenters. The van der Waals surface area contributed by atoms with E-state index in [4.69, 9.17) is 4.74 Å². The third kappa shape index (κ3) is 1.94. The van der Waals surface area contributed by atoms with Gasteiger partial charge in [0.2, 0.25) is 5.52 Å². The highest BCUT2D eigenvalue weighted by atomic mass is 16.5. The molecular formula is C21H20NO2+. The molecule has 2 aromatic heterocycles. The summed E-state index contributed by atoms with van der Waals surface area (Å²) in [4.78, 5) is 0. The van der Waals surface area contributed by atoms with E-state index in [0.29, 0.717) is 5.75 Å². The molecule has 0 aliphatic heterocycles. The van der Waals surface area contributed by atoms with Crippen molar-refractivity contribution in [2.45, 2.75) is 20.8 Å². The van der Waals surface area contributed by atoms with Gasteiger partial charge in [-0.1, -0.05) is 6.07 Å². The SMILES string of the molecule is COc1ccc2cc3c4c(C)c(C)c(C)cc4cc[n+]3cc2c1O. The Hall–Kier alpha value is -2.81. The maximum atomic E-state index is 10.4. The van der Waals surface area contributed by atoms with Crippen LogP contribution in [-0.2, 0) is 0 Å². The van der Waals surface area contributed by atoms with Gasteiger partial charge in [0, 0.05) is 12.1 Å². The van der Waals surface area contributed by atoms with Crippen LogP contribution in [0.3, 0.4) is 0 Å². The smallest absolute Gasteiger partial charge is 0.219 e. The number of aryl methyl sites for hydroxylation is 2. The monoisotopic (exact) mass is 318 g/mol. The Bertz CT molecular complexity index is 1130. The molecule has 3 nitrogen and oxygen atoms in total. The number of pyridine rings is 2. The molecule has 0 aliphatic rings. The van der Waals surface area contributed by atoms with Crippen LogP contribution in [0.15, 0.2) is 42.7 Å². The van der Waals surface area contributed by atoms with Crippen LogP contribution in [0.1, 0.15) is 16.7 Å². The van der Waals surface area contributed by atoms with E-state index >= 15 is 0 Å². The number of hydrogen-bond acceptors (Lipinski definition) is 2. The number of phenolic OH excluding ortho intramolecular Hbond substituents is 1. The summed E-state index contributed by atoms with van der Waals surface area (Å²) >= 11 is 0. The van der Waals surface area contributed by atoms with Gasteiger partial charge in [0.1, 0.15) is 0 Å². The largest absolute Gasteiger partial charge is 0.504 e. The van der Waals surface area contributed by atoms with Gasteiger partial charge in [0.05, 0.1) is 17.9 Å². The summed E-state index contributed by atoms with van der Waals surface area (Å²) in [6.45, 7) is 6.51. The van der Waals surface area contributed by atoms with Crippen LogP contribution in [0.2, 0.25) is 0 Å². The second-order valence-electron chi connectivity index (χ2n) is 6.41. The molecule has 0 aliphatic carbocycles. The molecular weight excluding hydrogens is 298 g/mol. The molecule has 3 heteroatoms. The molecule has 2 aromatic carbocycles. The minimum absolute atomic E-state index is 0.182. The highest BCUT2D eigenvalue weighted by Crippen LogP contribution is 2.35. The summed E-state index contributed by atoms with van der Waals surface area (Å²) in [5.74, 6) is 0.673. The van der Waals surface area contributed by atoms with Crippen LogP contribution in [0.25, 0.3) is 27.1 Å². The van der Waals surface area contributed by atoms with Crippen molar-refractivity contribution in [2.24, 2.45) is 0 Å². The summed E-state index contributed by atoms with van der Waals surface area (Å²) in [6, 6.07) is 10.3. The zero-order chi connectivity index (χ0) is 17.0. The van der Waals surface area contributed by atoms with E-state index in [2.05, 4.69) is 43.4 Å². The summed E-state index contributed by atoms with van der Waals surface area (Å²) in [5.41, 5.74) is 5.09. The molecule has 0 fully saturated rings. The predicted octanol–water partition coefficient (Wildman–Crippen LogP) is 4.37. The van der Waals surface area contributed by atoms with Crippen LogP contribution in [0.5, 0.6) is 11.5 Å². The first-order valence-corrected chi connectivity index (χ1v) is 8.05. The van der Waals surface area contributed by atoms with Crippen molar-refractivity contribution in [3.63, 3.8) is 0 Å². The lowest BCUT2D eigenvalue weighted by Gasteiger charge is -2.10. The molecule has 2 heterocycles. The molecule has 4 aromatic rings. The fraction of sp³-hybridized carbons (Fsp3) is 0.190. The predicted molar refractivity (Wildman–Crippen MR) is 97.0 cm³/mol. The normalized spacial score (nSPS) is 11.5. The van der Waals surface area contributed by atoms with Gasteiger partial charge in [-0.3, -0.25) is 0 Å². The molecule has 120 valence electrons. The average molecular weight is 318 g/mol. The Balaban J connectivity index is 2.19. The van der Waals surface area contributed by atoms with E-state index in [1.165, 1.54) is 27.5 Å². The number of methoxy groups -OCH3 is 1. The maximum Gasteiger partial charge on any atom is 0.219 e. The van der Waals surface area contributed by atoms with Gasteiger partial charge in [-0.2, -0.15) is 4.40 Å². The number of aromatic nitrogens is 1. The number of hydrogen-bond donors (Lipinski definition) is 1. The van der Waals surface area contributed by atoms with Gasteiger partial charge in [-0.15, -0.1) is 0 Å². The number of benzene rings is 2. The van der Waals surface area contributed by atoms with Crippen LogP contribution in [0, 0.1) is 20.8 Å². The lowest BCUT2D eigenvalue weighted by Crippen LogP contribution is -2.21. The number of phenols is 1. The first-order chi connectivity index (χ1) is 11.5. The molecule has 1 N–H and O–H groups in total. The van der Waals surface area contributed by atoms with Gasteiger partial charge in [0.15, 0.2) is 23.9 Å². The van der Waals surface area contributed by atoms with Crippen molar-refractivity contribution in [3.8, 4) is 11.5 Å². The van der Waals surface area contributed by atoms with E-state index in [0.717, 1.165) is 16.3 Å². The van der Waals surface area contributed by atoms with Crippen molar-refractivity contribution in [2.75, 3.05) is 7.11 Å². The Labute approximate surface area is 140 Å². The van der Waals surface area contributed by atoms with E-state index < -0.39 is 0 Å². The van der Waals surface area contributed by atoms with Crippen LogP contribution >= 0.6 is 0 Å². The number of fused-ring (bicyclic) bond motifs is 4. The highest BCUT2D eigenvalue weighted by Gasteiger charge is 2.17. The van der Waals surface area contributed by atoms with Crippen molar-refractivity contribution in [3.05, 3.63) is 59.4 Å². The van der Waals surface area contributed by atoms with Crippen molar-refractivity contribution >= 4 is 27.1 Å². The van der Waals surface area contributed by atoms with E-state index in [-0.39, 0.29) is 5.75 Å². The minimum atomic E-state index is 0.182. The second-order valence-corrected chi connectivity index (χ2v) is 6.41. The number of aromatic hydroxyl groups is 1. The molecule has 0 bridgehead atoms.